The highest BCUT2D eigenvalue weighted by atomic mass is 35.5. The molecule has 2 aromatic carbocycles. The number of imidazole rings is 1. The fraction of sp³-hybridized carbons (Fsp3) is 0.0714. The number of benzene rings is 2. The van der Waals surface area contributed by atoms with Crippen LogP contribution >= 0.6 is 23.8 Å². The summed E-state index contributed by atoms with van der Waals surface area (Å²) < 4.78 is 16.2. The van der Waals surface area contributed by atoms with Crippen LogP contribution in [-0.2, 0) is 0 Å². The molecule has 0 amide bonds. The summed E-state index contributed by atoms with van der Waals surface area (Å²) in [5, 5.41) is 0.565. The minimum Gasteiger partial charge on any atom is -0.329 e. The van der Waals surface area contributed by atoms with Crippen LogP contribution in [-0.4, -0.2) is 9.55 Å². The highest BCUT2D eigenvalue weighted by Crippen LogP contribution is 2.26. The van der Waals surface area contributed by atoms with Crippen LogP contribution in [0.25, 0.3) is 16.7 Å². The van der Waals surface area contributed by atoms with Crippen LogP contribution in [0.1, 0.15) is 5.56 Å². The Balaban J connectivity index is 2.40. The molecule has 1 N–H and O–H groups in total. The van der Waals surface area contributed by atoms with Crippen molar-refractivity contribution in [1.29, 1.82) is 0 Å². The first-order valence-corrected chi connectivity index (χ1v) is 6.52. The van der Waals surface area contributed by atoms with Crippen LogP contribution in [0.3, 0.4) is 0 Å². The summed E-state index contributed by atoms with van der Waals surface area (Å²) in [5.74, 6) is -0.308. The molecule has 0 bridgehead atoms. The Kier molecular flexibility index (Phi) is 2.92. The number of aromatic amines is 1. The van der Waals surface area contributed by atoms with Gasteiger partial charge in [0.1, 0.15) is 5.82 Å². The van der Waals surface area contributed by atoms with Crippen LogP contribution in [0, 0.1) is 17.5 Å². The third-order valence-electron chi connectivity index (χ3n) is 3.01. The summed E-state index contributed by atoms with van der Waals surface area (Å²) in [5.41, 5.74) is 2.77. The summed E-state index contributed by atoms with van der Waals surface area (Å²) in [6.45, 7) is 1.85. The Morgan fingerprint density at radius 2 is 2.05 bits per heavy atom. The fourth-order valence-electron chi connectivity index (χ4n) is 2.13. The molecule has 0 spiro atoms. The lowest BCUT2D eigenvalue weighted by Crippen LogP contribution is -1.98. The average molecular weight is 293 g/mol. The van der Waals surface area contributed by atoms with E-state index >= 15 is 0 Å². The van der Waals surface area contributed by atoms with Crippen molar-refractivity contribution >= 4 is 34.9 Å². The molecule has 3 rings (SSSR count). The van der Waals surface area contributed by atoms with Crippen LogP contribution in [0.2, 0.25) is 5.02 Å². The van der Waals surface area contributed by atoms with E-state index in [1.807, 2.05) is 25.1 Å². The third-order valence-corrected chi connectivity index (χ3v) is 3.61. The molecule has 0 atom stereocenters. The van der Waals surface area contributed by atoms with Gasteiger partial charge in [-0.3, -0.25) is 4.57 Å². The summed E-state index contributed by atoms with van der Waals surface area (Å²) in [7, 11) is 0. The maximum atomic E-state index is 14.1. The van der Waals surface area contributed by atoms with Gasteiger partial charge in [-0.2, -0.15) is 0 Å². The third kappa shape index (κ3) is 1.97. The maximum Gasteiger partial charge on any atom is 0.182 e. The van der Waals surface area contributed by atoms with Gasteiger partial charge in [0.25, 0.3) is 0 Å². The van der Waals surface area contributed by atoms with Crippen molar-refractivity contribution in [2.45, 2.75) is 6.92 Å². The van der Waals surface area contributed by atoms with Crippen molar-refractivity contribution in [3.05, 3.63) is 57.6 Å². The first-order valence-electron chi connectivity index (χ1n) is 5.73. The van der Waals surface area contributed by atoms with Crippen molar-refractivity contribution in [3.8, 4) is 5.69 Å². The molecule has 5 heteroatoms. The number of nitrogens with zero attached hydrogens (tertiary/aromatic N) is 1. The molecular formula is C14H10ClFN2S. The van der Waals surface area contributed by atoms with Crippen molar-refractivity contribution in [2.75, 3.05) is 0 Å². The zero-order valence-corrected chi connectivity index (χ0v) is 11.6. The molecule has 0 fully saturated rings. The Bertz CT molecular complexity index is 835. The molecule has 0 aliphatic rings. The van der Waals surface area contributed by atoms with Crippen LogP contribution in [0.5, 0.6) is 0 Å². The van der Waals surface area contributed by atoms with E-state index in [0.29, 0.717) is 21.0 Å². The van der Waals surface area contributed by atoms with E-state index in [9.17, 15) is 4.39 Å². The van der Waals surface area contributed by atoms with E-state index in [1.54, 1.807) is 16.7 Å². The van der Waals surface area contributed by atoms with Crippen molar-refractivity contribution in [2.24, 2.45) is 0 Å². The highest BCUT2D eigenvalue weighted by molar-refractivity contribution is 7.71. The van der Waals surface area contributed by atoms with Gasteiger partial charge in [0, 0.05) is 0 Å². The molecule has 0 saturated heterocycles. The van der Waals surface area contributed by atoms with E-state index in [2.05, 4.69) is 4.98 Å². The number of fused-ring (bicyclic) bond motifs is 1. The van der Waals surface area contributed by atoms with Crippen molar-refractivity contribution in [1.82, 2.24) is 9.55 Å². The lowest BCUT2D eigenvalue weighted by atomic mass is 10.2. The van der Waals surface area contributed by atoms with Gasteiger partial charge in [0.15, 0.2) is 4.77 Å². The lowest BCUT2D eigenvalue weighted by molar-refractivity contribution is 0.617. The first kappa shape index (κ1) is 12.4. The monoisotopic (exact) mass is 292 g/mol. The zero-order valence-electron chi connectivity index (χ0n) is 10.1. The Hall–Kier alpha value is -1.65. The maximum absolute atomic E-state index is 14.1. The van der Waals surface area contributed by atoms with E-state index < -0.39 is 0 Å². The van der Waals surface area contributed by atoms with Gasteiger partial charge in [-0.1, -0.05) is 23.7 Å². The number of hydrogen-bond acceptors (Lipinski definition) is 1. The molecule has 2 nitrogen and oxygen atoms in total. The smallest absolute Gasteiger partial charge is 0.182 e. The quantitative estimate of drug-likeness (QED) is 0.640. The molecule has 19 heavy (non-hydrogen) atoms. The van der Waals surface area contributed by atoms with Crippen LogP contribution in [0.15, 0.2) is 36.4 Å². The predicted octanol–water partition coefficient (Wildman–Crippen LogP) is 4.79. The normalized spacial score (nSPS) is 11.1. The lowest BCUT2D eigenvalue weighted by Gasteiger charge is -2.07. The minimum atomic E-state index is -0.308. The Labute approximate surface area is 119 Å². The molecule has 1 heterocycles. The number of nitrogens with one attached hydrogen (secondary N) is 1. The topological polar surface area (TPSA) is 20.7 Å². The highest BCUT2D eigenvalue weighted by Gasteiger charge is 2.12. The van der Waals surface area contributed by atoms with Gasteiger partial charge >= 0.3 is 0 Å². The Morgan fingerprint density at radius 3 is 2.79 bits per heavy atom. The first-order chi connectivity index (χ1) is 9.08. The van der Waals surface area contributed by atoms with Gasteiger partial charge < -0.3 is 4.98 Å². The summed E-state index contributed by atoms with van der Waals surface area (Å²) in [4.78, 5) is 3.01. The second kappa shape index (κ2) is 4.47. The van der Waals surface area contributed by atoms with Crippen LogP contribution in [0.4, 0.5) is 4.39 Å². The Morgan fingerprint density at radius 1 is 1.26 bits per heavy atom. The van der Waals surface area contributed by atoms with E-state index in [0.717, 1.165) is 11.1 Å². The van der Waals surface area contributed by atoms with Crippen molar-refractivity contribution < 1.29 is 4.39 Å². The average Bonchev–Trinajstić information content (AvgIpc) is 2.68. The van der Waals surface area contributed by atoms with Crippen molar-refractivity contribution in [3.63, 3.8) is 0 Å². The van der Waals surface area contributed by atoms with Gasteiger partial charge in [-0.25, -0.2) is 4.39 Å². The molecule has 0 radical (unpaired) electrons. The number of hydrogen-bond donors (Lipinski definition) is 1. The van der Waals surface area contributed by atoms with Gasteiger partial charge in [-0.15, -0.1) is 0 Å². The molecule has 0 aliphatic heterocycles. The molecule has 3 aromatic rings. The number of H-pyrrole nitrogens is 1. The van der Waals surface area contributed by atoms with Gasteiger partial charge in [-0.05, 0) is 49.0 Å². The van der Waals surface area contributed by atoms with E-state index in [4.69, 9.17) is 23.8 Å². The molecule has 96 valence electrons. The number of aryl methyl sites for hydroxylation is 1. The van der Waals surface area contributed by atoms with E-state index in [-0.39, 0.29) is 5.82 Å². The van der Waals surface area contributed by atoms with E-state index in [1.165, 1.54) is 6.07 Å². The van der Waals surface area contributed by atoms with Gasteiger partial charge in [0.2, 0.25) is 0 Å². The second-order valence-electron chi connectivity index (χ2n) is 4.35. The number of para-hydroxylation sites is 1. The standard InChI is InChI=1S/C14H10ClFN2S/c1-8-5-6-11(10(16)7-8)18-12-4-2-3-9(15)13(12)17-14(18)19/h2-7H,1H3,(H,17,19). The minimum absolute atomic E-state index is 0.308. The molecular weight excluding hydrogens is 283 g/mol. The SMILES string of the molecule is Cc1ccc(-n2c(=S)[nH]c3c(Cl)cccc32)c(F)c1. The second-order valence-corrected chi connectivity index (χ2v) is 5.15. The number of halogens is 2. The van der Waals surface area contributed by atoms with Gasteiger partial charge in [0.05, 0.1) is 21.7 Å². The number of rotatable bonds is 1. The zero-order chi connectivity index (χ0) is 13.6. The molecule has 0 unspecified atom stereocenters. The largest absolute Gasteiger partial charge is 0.329 e. The summed E-state index contributed by atoms with van der Waals surface area (Å²) in [6, 6.07) is 10.5. The molecule has 0 aliphatic carbocycles. The van der Waals surface area contributed by atoms with Crippen LogP contribution < -0.4 is 0 Å². The fourth-order valence-corrected chi connectivity index (χ4v) is 2.64. The molecule has 0 saturated carbocycles. The molecule has 1 aromatic heterocycles. The summed E-state index contributed by atoms with van der Waals surface area (Å²) >= 11 is 11.4. The summed E-state index contributed by atoms with van der Waals surface area (Å²) in [6.07, 6.45) is 0. The number of aromatic nitrogens is 2. The predicted molar refractivity (Wildman–Crippen MR) is 78.2 cm³/mol.